The van der Waals surface area contributed by atoms with Crippen LogP contribution < -0.4 is 10.6 Å². The van der Waals surface area contributed by atoms with Crippen molar-refractivity contribution in [3.05, 3.63) is 65.7 Å². The lowest BCUT2D eigenvalue weighted by atomic mass is 10.2. The molecule has 0 bridgehead atoms. The molecule has 0 aliphatic rings. The number of rotatable bonds is 5. The van der Waals surface area contributed by atoms with Gasteiger partial charge in [-0.15, -0.1) is 0 Å². The van der Waals surface area contributed by atoms with Crippen LogP contribution in [0.2, 0.25) is 0 Å². The molecule has 2 aromatic heterocycles. The van der Waals surface area contributed by atoms with Crippen molar-refractivity contribution < 1.29 is 18.8 Å². The molecule has 0 saturated carbocycles. The van der Waals surface area contributed by atoms with Crippen LogP contribution in [0.4, 0.5) is 17.2 Å². The average molecular weight is 352 g/mol. The van der Waals surface area contributed by atoms with E-state index in [2.05, 4.69) is 25.5 Å². The van der Waals surface area contributed by atoms with Crippen molar-refractivity contribution in [1.29, 1.82) is 0 Å². The molecule has 2 heterocycles. The predicted molar refractivity (Wildman–Crippen MR) is 94.5 cm³/mol. The molecule has 0 aliphatic carbocycles. The van der Waals surface area contributed by atoms with Crippen molar-refractivity contribution >= 4 is 29.1 Å². The van der Waals surface area contributed by atoms with Gasteiger partial charge < -0.3 is 19.9 Å². The summed E-state index contributed by atoms with van der Waals surface area (Å²) in [7, 11) is 1.31. The highest BCUT2D eigenvalue weighted by molar-refractivity contribution is 6.04. The molecule has 8 heteroatoms. The molecule has 132 valence electrons. The third-order valence-corrected chi connectivity index (χ3v) is 3.46. The molecule has 3 aromatic rings. The van der Waals surface area contributed by atoms with E-state index in [9.17, 15) is 9.59 Å². The molecule has 0 atom stereocenters. The largest absolute Gasteiger partial charge is 0.465 e. The Hall–Kier alpha value is -3.68. The zero-order valence-electron chi connectivity index (χ0n) is 14.1. The number of aryl methyl sites for hydroxylation is 1. The summed E-state index contributed by atoms with van der Waals surface area (Å²) in [5.41, 5.74) is 1.92. The highest BCUT2D eigenvalue weighted by Crippen LogP contribution is 2.17. The topological polar surface area (TPSA) is 106 Å². The van der Waals surface area contributed by atoms with Gasteiger partial charge in [0.1, 0.15) is 5.76 Å². The number of hydrogen-bond donors (Lipinski definition) is 2. The minimum atomic E-state index is -0.436. The molecule has 0 fully saturated rings. The van der Waals surface area contributed by atoms with Gasteiger partial charge in [0.2, 0.25) is 0 Å². The number of nitrogens with one attached hydrogen (secondary N) is 2. The van der Waals surface area contributed by atoms with Gasteiger partial charge in [0.25, 0.3) is 5.91 Å². The maximum absolute atomic E-state index is 12.4. The van der Waals surface area contributed by atoms with Crippen LogP contribution in [0.15, 0.2) is 53.3 Å². The number of methoxy groups -OCH3 is 1. The normalized spacial score (nSPS) is 10.2. The van der Waals surface area contributed by atoms with Gasteiger partial charge >= 0.3 is 5.97 Å². The van der Waals surface area contributed by atoms with Crippen molar-refractivity contribution in [3.63, 3.8) is 0 Å². The number of hydrogen-bond acceptors (Lipinski definition) is 7. The van der Waals surface area contributed by atoms with E-state index >= 15 is 0 Å². The van der Waals surface area contributed by atoms with E-state index < -0.39 is 5.97 Å². The number of amides is 1. The Morgan fingerprint density at radius 2 is 1.81 bits per heavy atom. The Morgan fingerprint density at radius 1 is 1.04 bits per heavy atom. The van der Waals surface area contributed by atoms with Crippen molar-refractivity contribution in [2.45, 2.75) is 6.92 Å². The van der Waals surface area contributed by atoms with Crippen molar-refractivity contribution in [2.75, 3.05) is 17.7 Å². The zero-order valence-corrected chi connectivity index (χ0v) is 14.1. The third-order valence-electron chi connectivity index (χ3n) is 3.46. The van der Waals surface area contributed by atoms with Gasteiger partial charge in [-0.2, -0.15) is 0 Å². The molecule has 1 amide bonds. The average Bonchev–Trinajstić information content (AvgIpc) is 3.06. The van der Waals surface area contributed by atoms with E-state index in [0.717, 1.165) is 0 Å². The monoisotopic (exact) mass is 352 g/mol. The number of aromatic nitrogens is 2. The standard InChI is InChI=1S/C18H16N4O4/c1-11-7-16(22-26-11)20-15-8-13(9-19-10-15)17(23)21-14-5-3-12(4-6-14)18(24)25-2/h3-10H,1-2H3,(H,20,22)(H,21,23). The second-order valence-electron chi connectivity index (χ2n) is 5.43. The van der Waals surface area contributed by atoms with E-state index in [1.54, 1.807) is 49.5 Å². The number of pyridine rings is 1. The Kier molecular flexibility index (Phi) is 4.93. The van der Waals surface area contributed by atoms with Crippen LogP contribution in [-0.2, 0) is 4.74 Å². The van der Waals surface area contributed by atoms with E-state index in [1.165, 1.54) is 13.3 Å². The summed E-state index contributed by atoms with van der Waals surface area (Å²) in [5, 5.41) is 9.59. The van der Waals surface area contributed by atoms with Crippen LogP contribution in [-0.4, -0.2) is 29.1 Å². The summed E-state index contributed by atoms with van der Waals surface area (Å²) in [5.74, 6) is 0.433. The van der Waals surface area contributed by atoms with Gasteiger partial charge in [-0.05, 0) is 37.3 Å². The first kappa shape index (κ1) is 17.2. The second-order valence-corrected chi connectivity index (χ2v) is 5.43. The van der Waals surface area contributed by atoms with Crippen molar-refractivity contribution in [3.8, 4) is 0 Å². The molecule has 0 radical (unpaired) electrons. The van der Waals surface area contributed by atoms with Crippen LogP contribution in [0.25, 0.3) is 0 Å². The lowest BCUT2D eigenvalue weighted by Gasteiger charge is -2.07. The molecular weight excluding hydrogens is 336 g/mol. The van der Waals surface area contributed by atoms with Gasteiger partial charge in [-0.25, -0.2) is 4.79 Å². The van der Waals surface area contributed by atoms with Crippen LogP contribution in [0.5, 0.6) is 0 Å². The minimum absolute atomic E-state index is 0.330. The quantitative estimate of drug-likeness (QED) is 0.679. The maximum atomic E-state index is 12.4. The SMILES string of the molecule is COC(=O)c1ccc(NC(=O)c2cncc(Nc3cc(C)on3)c2)cc1. The number of carbonyl (C=O) groups is 2. The van der Waals surface area contributed by atoms with Gasteiger partial charge in [0.05, 0.1) is 30.1 Å². The summed E-state index contributed by atoms with van der Waals surface area (Å²) in [6.07, 6.45) is 3.03. The number of anilines is 3. The third kappa shape index (κ3) is 4.04. The van der Waals surface area contributed by atoms with Crippen molar-refractivity contribution in [1.82, 2.24) is 10.1 Å². The maximum Gasteiger partial charge on any atom is 0.337 e. The number of benzene rings is 1. The summed E-state index contributed by atoms with van der Waals surface area (Å²) >= 11 is 0. The molecule has 1 aromatic carbocycles. The summed E-state index contributed by atoms with van der Waals surface area (Å²) < 4.78 is 9.62. The lowest BCUT2D eigenvalue weighted by molar-refractivity contribution is 0.0600. The number of carbonyl (C=O) groups excluding carboxylic acids is 2. The molecule has 0 saturated heterocycles. The van der Waals surface area contributed by atoms with E-state index in [4.69, 9.17) is 4.52 Å². The van der Waals surface area contributed by atoms with E-state index in [1.807, 2.05) is 0 Å². The molecule has 26 heavy (non-hydrogen) atoms. The fraction of sp³-hybridized carbons (Fsp3) is 0.111. The Balaban J connectivity index is 1.69. The molecule has 0 spiro atoms. The smallest absolute Gasteiger partial charge is 0.337 e. The van der Waals surface area contributed by atoms with Crippen LogP contribution in [0.1, 0.15) is 26.5 Å². The molecule has 8 nitrogen and oxygen atoms in total. The highest BCUT2D eigenvalue weighted by atomic mass is 16.5. The number of ether oxygens (including phenoxy) is 1. The molecule has 3 rings (SSSR count). The van der Waals surface area contributed by atoms with Gasteiger partial charge in [0.15, 0.2) is 5.82 Å². The summed E-state index contributed by atoms with van der Waals surface area (Å²) in [4.78, 5) is 27.9. The second kappa shape index (κ2) is 7.47. The first-order valence-electron chi connectivity index (χ1n) is 7.70. The predicted octanol–water partition coefficient (Wildman–Crippen LogP) is 3.16. The van der Waals surface area contributed by atoms with Gasteiger partial charge in [0, 0.05) is 18.0 Å². The van der Waals surface area contributed by atoms with Crippen LogP contribution in [0, 0.1) is 6.92 Å². The zero-order chi connectivity index (χ0) is 18.5. The Bertz CT molecular complexity index is 934. The van der Waals surface area contributed by atoms with E-state index in [0.29, 0.717) is 34.1 Å². The molecular formula is C18H16N4O4. The van der Waals surface area contributed by atoms with Crippen molar-refractivity contribution in [2.24, 2.45) is 0 Å². The number of esters is 1. The summed E-state index contributed by atoms with van der Waals surface area (Å²) in [6.45, 7) is 1.78. The summed E-state index contributed by atoms with van der Waals surface area (Å²) in [6, 6.07) is 9.77. The first-order valence-corrected chi connectivity index (χ1v) is 7.70. The highest BCUT2D eigenvalue weighted by Gasteiger charge is 2.10. The fourth-order valence-corrected chi connectivity index (χ4v) is 2.22. The molecule has 0 unspecified atom stereocenters. The van der Waals surface area contributed by atoms with E-state index in [-0.39, 0.29) is 5.91 Å². The molecule has 2 N–H and O–H groups in total. The Labute approximate surface area is 149 Å². The van der Waals surface area contributed by atoms with Gasteiger partial charge in [-0.1, -0.05) is 5.16 Å². The van der Waals surface area contributed by atoms with Gasteiger partial charge in [-0.3, -0.25) is 9.78 Å². The lowest BCUT2D eigenvalue weighted by Crippen LogP contribution is -2.12. The Morgan fingerprint density at radius 3 is 2.46 bits per heavy atom. The number of nitrogens with zero attached hydrogens (tertiary/aromatic N) is 2. The first-order chi connectivity index (χ1) is 12.5. The minimum Gasteiger partial charge on any atom is -0.465 e. The van der Waals surface area contributed by atoms with Crippen LogP contribution in [0.3, 0.4) is 0 Å². The molecule has 0 aliphatic heterocycles. The fourth-order valence-electron chi connectivity index (χ4n) is 2.22. The van der Waals surface area contributed by atoms with Crippen LogP contribution >= 0.6 is 0 Å².